The molecule has 6 nitrogen and oxygen atoms in total. The van der Waals surface area contributed by atoms with Gasteiger partial charge in [-0.05, 0) is 29.8 Å². The second-order valence-electron chi connectivity index (χ2n) is 6.27. The molecule has 0 amide bonds. The third-order valence-electron chi connectivity index (χ3n) is 4.58. The van der Waals surface area contributed by atoms with Crippen molar-refractivity contribution in [1.29, 1.82) is 5.41 Å². The van der Waals surface area contributed by atoms with Crippen molar-refractivity contribution < 1.29 is 0 Å². The van der Waals surface area contributed by atoms with Crippen LogP contribution in [0.4, 0.5) is 0 Å². The summed E-state index contributed by atoms with van der Waals surface area (Å²) in [6.45, 7) is 3.78. The van der Waals surface area contributed by atoms with Gasteiger partial charge in [-0.15, -0.1) is 0 Å². The van der Waals surface area contributed by atoms with Gasteiger partial charge in [0.25, 0.3) is 0 Å². The predicted molar refractivity (Wildman–Crippen MR) is 118 cm³/mol. The van der Waals surface area contributed by atoms with Crippen LogP contribution < -0.4 is 5.73 Å². The molecule has 3 heterocycles. The molecule has 142 valence electrons. The minimum atomic E-state index is 0.225. The number of nitrogens with one attached hydrogen (secondary N) is 1. The standard InChI is InChI=1S/C22H17ClN6/c1-2-14-5-6-15(10-18(14)23)21-17(4-3-9-26-21)16-7-8-20-27-11-19(29(20)12-16)22(25)28-13-24/h2-13H,1H2,(H3,24,25,28). The zero-order chi connectivity index (χ0) is 20.4. The molecule has 0 fully saturated rings. The van der Waals surface area contributed by atoms with E-state index in [1.54, 1.807) is 18.5 Å². The number of pyridine rings is 2. The average molecular weight is 401 g/mol. The summed E-state index contributed by atoms with van der Waals surface area (Å²) in [5, 5.41) is 7.76. The summed E-state index contributed by atoms with van der Waals surface area (Å²) < 4.78 is 1.85. The molecule has 0 unspecified atom stereocenters. The number of hydrogen-bond donors (Lipinski definition) is 2. The van der Waals surface area contributed by atoms with Gasteiger partial charge in [0, 0.05) is 34.1 Å². The van der Waals surface area contributed by atoms with Gasteiger partial charge in [0.05, 0.1) is 11.9 Å². The molecule has 0 aliphatic carbocycles. The van der Waals surface area contributed by atoms with Gasteiger partial charge in [0.15, 0.2) is 5.84 Å². The maximum atomic E-state index is 7.14. The summed E-state index contributed by atoms with van der Waals surface area (Å²) in [5.74, 6) is 0.225. The van der Waals surface area contributed by atoms with Crippen LogP contribution in [-0.4, -0.2) is 26.5 Å². The second-order valence-corrected chi connectivity index (χ2v) is 6.68. The molecule has 29 heavy (non-hydrogen) atoms. The Labute approximate surface area is 172 Å². The Balaban J connectivity index is 1.88. The van der Waals surface area contributed by atoms with Crippen LogP contribution >= 0.6 is 11.6 Å². The van der Waals surface area contributed by atoms with Crippen molar-refractivity contribution in [2.24, 2.45) is 10.7 Å². The average Bonchev–Trinajstić information content (AvgIpc) is 3.17. The number of halogens is 1. The topological polar surface area (TPSA) is 92.4 Å². The van der Waals surface area contributed by atoms with Crippen LogP contribution in [0.1, 0.15) is 11.3 Å². The van der Waals surface area contributed by atoms with Gasteiger partial charge in [-0.25, -0.2) is 9.98 Å². The minimum absolute atomic E-state index is 0.225. The Kier molecular flexibility index (Phi) is 4.93. The monoisotopic (exact) mass is 400 g/mol. The molecule has 0 spiro atoms. The van der Waals surface area contributed by atoms with Gasteiger partial charge in [-0.2, -0.15) is 0 Å². The number of aromatic nitrogens is 3. The van der Waals surface area contributed by atoms with Crippen LogP contribution in [0, 0.1) is 5.41 Å². The van der Waals surface area contributed by atoms with Crippen molar-refractivity contribution in [3.8, 4) is 22.4 Å². The van der Waals surface area contributed by atoms with Gasteiger partial charge >= 0.3 is 0 Å². The Bertz CT molecular complexity index is 1270. The Morgan fingerprint density at radius 3 is 2.76 bits per heavy atom. The van der Waals surface area contributed by atoms with Crippen LogP contribution in [0.5, 0.6) is 0 Å². The third kappa shape index (κ3) is 3.41. The Morgan fingerprint density at radius 2 is 2.00 bits per heavy atom. The Hall–Kier alpha value is -3.77. The van der Waals surface area contributed by atoms with Crippen molar-refractivity contribution >= 4 is 35.5 Å². The zero-order valence-corrected chi connectivity index (χ0v) is 16.1. The maximum Gasteiger partial charge on any atom is 0.151 e. The molecule has 4 aromatic rings. The van der Waals surface area contributed by atoms with Gasteiger partial charge in [-0.3, -0.25) is 14.8 Å². The van der Waals surface area contributed by atoms with E-state index in [4.69, 9.17) is 22.7 Å². The van der Waals surface area contributed by atoms with Crippen LogP contribution in [0.3, 0.4) is 0 Å². The molecule has 0 aliphatic heterocycles. The van der Waals surface area contributed by atoms with E-state index in [1.807, 2.05) is 53.1 Å². The quantitative estimate of drug-likeness (QED) is 0.376. The van der Waals surface area contributed by atoms with Crippen molar-refractivity contribution in [3.63, 3.8) is 0 Å². The lowest BCUT2D eigenvalue weighted by Crippen LogP contribution is -2.15. The van der Waals surface area contributed by atoms with Crippen LogP contribution in [0.15, 0.2) is 72.6 Å². The van der Waals surface area contributed by atoms with E-state index in [0.717, 1.165) is 39.9 Å². The first-order chi connectivity index (χ1) is 14.1. The van der Waals surface area contributed by atoms with Crippen molar-refractivity contribution in [3.05, 3.63) is 83.9 Å². The van der Waals surface area contributed by atoms with Crippen LogP contribution in [0.25, 0.3) is 34.1 Å². The largest absolute Gasteiger partial charge is 0.382 e. The molecule has 0 radical (unpaired) electrons. The second kappa shape index (κ2) is 7.69. The summed E-state index contributed by atoms with van der Waals surface area (Å²) in [5.41, 5.74) is 11.8. The first-order valence-corrected chi connectivity index (χ1v) is 9.17. The predicted octanol–water partition coefficient (Wildman–Crippen LogP) is 4.67. The van der Waals surface area contributed by atoms with E-state index in [-0.39, 0.29) is 5.84 Å². The van der Waals surface area contributed by atoms with Crippen LogP contribution in [-0.2, 0) is 0 Å². The lowest BCUT2D eigenvalue weighted by atomic mass is 9.99. The van der Waals surface area contributed by atoms with E-state index in [1.165, 1.54) is 0 Å². The van der Waals surface area contributed by atoms with Gasteiger partial charge < -0.3 is 5.73 Å². The highest BCUT2D eigenvalue weighted by molar-refractivity contribution is 6.32. The lowest BCUT2D eigenvalue weighted by Gasteiger charge is -2.11. The first kappa shape index (κ1) is 18.6. The lowest BCUT2D eigenvalue weighted by molar-refractivity contribution is 1.16. The van der Waals surface area contributed by atoms with Crippen molar-refractivity contribution in [2.75, 3.05) is 0 Å². The van der Waals surface area contributed by atoms with E-state index in [0.29, 0.717) is 10.7 Å². The number of imidazole rings is 1. The summed E-state index contributed by atoms with van der Waals surface area (Å²) in [4.78, 5) is 12.8. The first-order valence-electron chi connectivity index (χ1n) is 8.80. The van der Waals surface area contributed by atoms with Gasteiger partial charge in [0.2, 0.25) is 0 Å². The number of rotatable bonds is 5. The number of aliphatic imine (C=N–C) groups is 1. The fraction of sp³-hybridized carbons (Fsp3) is 0. The highest BCUT2D eigenvalue weighted by atomic mass is 35.5. The molecule has 3 aromatic heterocycles. The highest BCUT2D eigenvalue weighted by Gasteiger charge is 2.13. The molecule has 7 heteroatoms. The fourth-order valence-corrected chi connectivity index (χ4v) is 3.43. The summed E-state index contributed by atoms with van der Waals surface area (Å²) in [6, 6.07) is 13.6. The molecule has 3 N–H and O–H groups in total. The van der Waals surface area contributed by atoms with Gasteiger partial charge in [0.1, 0.15) is 17.7 Å². The van der Waals surface area contributed by atoms with E-state index >= 15 is 0 Å². The normalized spacial score (nSPS) is 11.6. The van der Waals surface area contributed by atoms with E-state index in [9.17, 15) is 0 Å². The van der Waals surface area contributed by atoms with Gasteiger partial charge in [-0.1, -0.05) is 42.5 Å². The van der Waals surface area contributed by atoms with Crippen molar-refractivity contribution in [2.45, 2.75) is 0 Å². The molecular weight excluding hydrogens is 384 g/mol. The summed E-state index contributed by atoms with van der Waals surface area (Å²) >= 11 is 6.37. The molecule has 0 aliphatic rings. The number of amidine groups is 1. The smallest absolute Gasteiger partial charge is 0.151 e. The molecule has 1 aromatic carbocycles. The SMILES string of the molecule is C=Cc1ccc(-c2ncccc2-c2ccc3ncc(/C(N)=N/C=N)n3c2)cc1Cl. The molecular formula is C22H17ClN6. The molecule has 0 atom stereocenters. The summed E-state index contributed by atoms with van der Waals surface area (Å²) in [6.07, 6.45) is 7.96. The number of hydrogen-bond acceptors (Lipinski definition) is 3. The maximum absolute atomic E-state index is 7.14. The number of benzene rings is 1. The molecule has 0 bridgehead atoms. The van der Waals surface area contributed by atoms with E-state index in [2.05, 4.69) is 21.5 Å². The molecule has 4 rings (SSSR count). The Morgan fingerprint density at radius 1 is 1.17 bits per heavy atom. The number of nitrogens with zero attached hydrogens (tertiary/aromatic N) is 4. The zero-order valence-electron chi connectivity index (χ0n) is 15.4. The summed E-state index contributed by atoms with van der Waals surface area (Å²) in [7, 11) is 0. The highest BCUT2D eigenvalue weighted by Crippen LogP contribution is 2.33. The van der Waals surface area contributed by atoms with Crippen molar-refractivity contribution in [1.82, 2.24) is 14.4 Å². The number of fused-ring (bicyclic) bond motifs is 1. The third-order valence-corrected chi connectivity index (χ3v) is 4.91. The van der Waals surface area contributed by atoms with Crippen LogP contribution in [0.2, 0.25) is 5.02 Å². The number of nitrogens with two attached hydrogens (primary N) is 1. The fourth-order valence-electron chi connectivity index (χ4n) is 3.17. The van der Waals surface area contributed by atoms with E-state index < -0.39 is 0 Å². The molecule has 0 saturated carbocycles. The molecule has 0 saturated heterocycles. The minimum Gasteiger partial charge on any atom is -0.382 e.